The van der Waals surface area contributed by atoms with Crippen LogP contribution in [0.1, 0.15) is 60.0 Å². The highest BCUT2D eigenvalue weighted by molar-refractivity contribution is 7.89. The zero-order valence-electron chi connectivity index (χ0n) is 17.0. The Morgan fingerprint density at radius 3 is 2.53 bits per heavy atom. The first kappa shape index (κ1) is 21.3. The number of hydrogen-bond donors (Lipinski definition) is 0. The molecule has 0 spiro atoms. The standard InChI is InChI=1S/C20H26N4O4S2/c1-14-6-7-17(24(25)26)13-18(14)30(27,28)23-10-8-16(9-11-23)20-22-21-19(29-20)12-15-4-2-3-5-15/h6-7,13,15-16H,2-5,8-12H2,1H3. The summed E-state index contributed by atoms with van der Waals surface area (Å²) < 4.78 is 27.6. The van der Waals surface area contributed by atoms with Gasteiger partial charge in [-0.15, -0.1) is 21.5 Å². The van der Waals surface area contributed by atoms with E-state index in [0.717, 1.165) is 28.4 Å². The number of benzene rings is 1. The first-order chi connectivity index (χ1) is 14.3. The van der Waals surface area contributed by atoms with Gasteiger partial charge in [0.1, 0.15) is 10.0 Å². The zero-order chi connectivity index (χ0) is 21.3. The average molecular weight is 451 g/mol. The molecule has 0 amide bonds. The lowest BCUT2D eigenvalue weighted by atomic mass is 9.99. The Bertz CT molecular complexity index is 1020. The largest absolute Gasteiger partial charge is 0.270 e. The van der Waals surface area contributed by atoms with Crippen LogP contribution >= 0.6 is 11.3 Å². The van der Waals surface area contributed by atoms with Crippen molar-refractivity contribution in [3.8, 4) is 0 Å². The zero-order valence-corrected chi connectivity index (χ0v) is 18.6. The molecule has 0 atom stereocenters. The van der Waals surface area contributed by atoms with Crippen LogP contribution in [0.3, 0.4) is 0 Å². The molecule has 10 heteroatoms. The molecule has 0 N–H and O–H groups in total. The number of nitro benzene ring substituents is 1. The maximum absolute atomic E-state index is 13.1. The Balaban J connectivity index is 1.42. The summed E-state index contributed by atoms with van der Waals surface area (Å²) in [4.78, 5) is 10.5. The molecule has 2 fully saturated rings. The highest BCUT2D eigenvalue weighted by Gasteiger charge is 2.33. The van der Waals surface area contributed by atoms with Gasteiger partial charge in [0.2, 0.25) is 10.0 Å². The third-order valence-corrected chi connectivity index (χ3v) is 9.37. The maximum Gasteiger partial charge on any atom is 0.270 e. The summed E-state index contributed by atoms with van der Waals surface area (Å²) in [6, 6.07) is 3.99. The molecule has 1 saturated heterocycles. The van der Waals surface area contributed by atoms with Crippen molar-refractivity contribution in [1.82, 2.24) is 14.5 Å². The number of rotatable bonds is 6. The van der Waals surface area contributed by atoms with E-state index < -0.39 is 14.9 Å². The summed E-state index contributed by atoms with van der Waals surface area (Å²) in [6.07, 6.45) is 7.57. The SMILES string of the molecule is Cc1ccc([N+](=O)[O-])cc1S(=O)(=O)N1CCC(c2nnc(CC3CCCC3)s2)CC1. The van der Waals surface area contributed by atoms with E-state index in [2.05, 4.69) is 10.2 Å². The maximum atomic E-state index is 13.1. The predicted octanol–water partition coefficient (Wildman–Crippen LogP) is 4.06. The molecule has 1 aromatic carbocycles. The van der Waals surface area contributed by atoms with Crippen molar-refractivity contribution in [3.63, 3.8) is 0 Å². The van der Waals surface area contributed by atoms with Crippen LogP contribution in [0, 0.1) is 23.0 Å². The molecule has 2 aliphatic rings. The molecule has 1 aromatic heterocycles. The molecule has 8 nitrogen and oxygen atoms in total. The van der Waals surface area contributed by atoms with Gasteiger partial charge in [-0.25, -0.2) is 8.42 Å². The fourth-order valence-corrected chi connectivity index (χ4v) is 7.28. The van der Waals surface area contributed by atoms with Gasteiger partial charge in [-0.2, -0.15) is 4.31 Å². The Morgan fingerprint density at radius 2 is 1.87 bits per heavy atom. The molecule has 0 unspecified atom stereocenters. The van der Waals surface area contributed by atoms with Gasteiger partial charge in [-0.3, -0.25) is 10.1 Å². The van der Waals surface area contributed by atoms with Gasteiger partial charge in [0.25, 0.3) is 5.69 Å². The quantitative estimate of drug-likeness (QED) is 0.485. The topological polar surface area (TPSA) is 106 Å². The van der Waals surface area contributed by atoms with Gasteiger partial charge >= 0.3 is 0 Å². The van der Waals surface area contributed by atoms with E-state index >= 15 is 0 Å². The van der Waals surface area contributed by atoms with Crippen LogP contribution < -0.4 is 0 Å². The van der Waals surface area contributed by atoms with E-state index in [1.165, 1.54) is 42.1 Å². The second-order valence-corrected chi connectivity index (χ2v) is 11.3. The van der Waals surface area contributed by atoms with Gasteiger partial charge in [0.05, 0.1) is 9.82 Å². The molecule has 2 aromatic rings. The number of hydrogen-bond acceptors (Lipinski definition) is 7. The van der Waals surface area contributed by atoms with Crippen molar-refractivity contribution in [3.05, 3.63) is 43.9 Å². The van der Waals surface area contributed by atoms with Gasteiger partial charge in [0, 0.05) is 37.6 Å². The smallest absolute Gasteiger partial charge is 0.258 e. The molecular formula is C20H26N4O4S2. The van der Waals surface area contributed by atoms with Crippen molar-refractivity contribution < 1.29 is 13.3 Å². The van der Waals surface area contributed by atoms with Crippen LogP contribution in [0.15, 0.2) is 23.1 Å². The monoisotopic (exact) mass is 450 g/mol. The Labute approximate surface area is 180 Å². The molecule has 0 radical (unpaired) electrons. The minimum atomic E-state index is -3.77. The van der Waals surface area contributed by atoms with Gasteiger partial charge in [-0.1, -0.05) is 31.7 Å². The molecule has 1 aliphatic heterocycles. The number of non-ortho nitro benzene ring substituents is 1. The number of piperidine rings is 1. The van der Waals surface area contributed by atoms with Crippen LogP contribution in [0.2, 0.25) is 0 Å². The van der Waals surface area contributed by atoms with Crippen molar-refractivity contribution in [1.29, 1.82) is 0 Å². The fourth-order valence-electron chi connectivity index (χ4n) is 4.44. The number of aromatic nitrogens is 2. The normalized spacial score (nSPS) is 19.4. The molecule has 1 aliphatic carbocycles. The van der Waals surface area contributed by atoms with E-state index in [-0.39, 0.29) is 16.5 Å². The van der Waals surface area contributed by atoms with E-state index in [1.54, 1.807) is 18.3 Å². The minimum Gasteiger partial charge on any atom is -0.258 e. The first-order valence-corrected chi connectivity index (χ1v) is 12.7. The summed E-state index contributed by atoms with van der Waals surface area (Å²) >= 11 is 1.67. The predicted molar refractivity (Wildman–Crippen MR) is 114 cm³/mol. The van der Waals surface area contributed by atoms with E-state index in [9.17, 15) is 18.5 Å². The van der Waals surface area contributed by atoms with Crippen LogP contribution in [0.4, 0.5) is 5.69 Å². The molecular weight excluding hydrogens is 424 g/mol. The second-order valence-electron chi connectivity index (χ2n) is 8.27. The van der Waals surface area contributed by atoms with E-state index in [1.807, 2.05) is 0 Å². The lowest BCUT2D eigenvalue weighted by Crippen LogP contribution is -2.38. The summed E-state index contributed by atoms with van der Waals surface area (Å²) in [5.74, 6) is 0.952. The van der Waals surface area contributed by atoms with Gasteiger partial charge < -0.3 is 0 Å². The number of nitro groups is 1. The van der Waals surface area contributed by atoms with Crippen molar-refractivity contribution in [2.75, 3.05) is 13.1 Å². The summed E-state index contributed by atoms with van der Waals surface area (Å²) in [5, 5.41) is 21.9. The molecule has 30 heavy (non-hydrogen) atoms. The number of sulfonamides is 1. The average Bonchev–Trinajstić information content (AvgIpc) is 3.41. The summed E-state index contributed by atoms with van der Waals surface area (Å²) in [5.41, 5.74) is 0.307. The highest BCUT2D eigenvalue weighted by atomic mass is 32.2. The summed E-state index contributed by atoms with van der Waals surface area (Å²) in [7, 11) is -3.77. The molecule has 162 valence electrons. The van der Waals surface area contributed by atoms with Crippen molar-refractivity contribution in [2.45, 2.75) is 62.7 Å². The Morgan fingerprint density at radius 1 is 1.17 bits per heavy atom. The second kappa shape index (κ2) is 8.68. The van der Waals surface area contributed by atoms with E-state index in [0.29, 0.717) is 31.5 Å². The van der Waals surface area contributed by atoms with Crippen LogP contribution in [-0.4, -0.2) is 40.9 Å². The molecule has 1 saturated carbocycles. The van der Waals surface area contributed by atoms with Crippen LogP contribution in [-0.2, 0) is 16.4 Å². The third kappa shape index (κ3) is 4.40. The Kier molecular flexibility index (Phi) is 6.17. The molecule has 0 bridgehead atoms. The van der Waals surface area contributed by atoms with Gasteiger partial charge in [-0.05, 0) is 31.2 Å². The Hall–Kier alpha value is -1.91. The van der Waals surface area contributed by atoms with Gasteiger partial charge in [0.15, 0.2) is 0 Å². The van der Waals surface area contributed by atoms with Crippen LogP contribution in [0.5, 0.6) is 0 Å². The highest BCUT2D eigenvalue weighted by Crippen LogP contribution is 2.35. The molecule has 4 rings (SSSR count). The third-order valence-electron chi connectivity index (χ3n) is 6.22. The van der Waals surface area contributed by atoms with Crippen molar-refractivity contribution >= 4 is 27.0 Å². The first-order valence-electron chi connectivity index (χ1n) is 10.4. The lowest BCUT2D eigenvalue weighted by molar-refractivity contribution is -0.385. The fraction of sp³-hybridized carbons (Fsp3) is 0.600. The van der Waals surface area contributed by atoms with E-state index in [4.69, 9.17) is 0 Å². The molecule has 2 heterocycles. The number of nitrogens with zero attached hydrogens (tertiary/aromatic N) is 4. The summed E-state index contributed by atoms with van der Waals surface area (Å²) in [6.45, 7) is 2.43. The lowest BCUT2D eigenvalue weighted by Gasteiger charge is -2.30. The number of aryl methyl sites for hydroxylation is 1. The van der Waals surface area contributed by atoms with Crippen molar-refractivity contribution in [2.24, 2.45) is 5.92 Å². The van der Waals surface area contributed by atoms with Crippen LogP contribution in [0.25, 0.3) is 0 Å². The minimum absolute atomic E-state index is 0.0184.